The van der Waals surface area contributed by atoms with Crippen molar-refractivity contribution in [2.75, 3.05) is 20.8 Å². The van der Waals surface area contributed by atoms with E-state index in [9.17, 15) is 19.8 Å². The summed E-state index contributed by atoms with van der Waals surface area (Å²) in [5.41, 5.74) is 1.67. The van der Waals surface area contributed by atoms with Crippen molar-refractivity contribution in [2.45, 2.75) is 44.4 Å². The second kappa shape index (κ2) is 13.6. The monoisotopic (exact) mass is 524 g/mol. The molecule has 1 aliphatic heterocycles. The minimum Gasteiger partial charge on any atom is -0.502 e. The Morgan fingerprint density at radius 1 is 1.18 bits per heavy atom. The van der Waals surface area contributed by atoms with Crippen molar-refractivity contribution < 1.29 is 29.2 Å². The Morgan fingerprint density at radius 2 is 1.84 bits per heavy atom. The van der Waals surface area contributed by atoms with E-state index in [0.717, 1.165) is 17.3 Å². The van der Waals surface area contributed by atoms with Crippen LogP contribution in [0.5, 0.6) is 17.2 Å². The van der Waals surface area contributed by atoms with Gasteiger partial charge in [0.25, 0.3) is 5.56 Å². The van der Waals surface area contributed by atoms with E-state index >= 15 is 0 Å². The summed E-state index contributed by atoms with van der Waals surface area (Å²) >= 11 is 0. The Labute approximate surface area is 222 Å². The summed E-state index contributed by atoms with van der Waals surface area (Å²) in [6.45, 7) is 2.64. The van der Waals surface area contributed by atoms with Crippen molar-refractivity contribution in [3.05, 3.63) is 70.5 Å². The number of rotatable bonds is 9. The van der Waals surface area contributed by atoms with Gasteiger partial charge in [-0.1, -0.05) is 25.1 Å². The van der Waals surface area contributed by atoms with Gasteiger partial charge in [-0.2, -0.15) is 0 Å². The summed E-state index contributed by atoms with van der Waals surface area (Å²) in [4.78, 5) is 23.4. The summed E-state index contributed by atoms with van der Waals surface area (Å²) in [5.74, 6) is 0.179. The lowest BCUT2D eigenvalue weighted by Gasteiger charge is -2.32. The van der Waals surface area contributed by atoms with Crippen molar-refractivity contribution in [3.63, 3.8) is 0 Å². The van der Waals surface area contributed by atoms with Crippen LogP contribution in [0.1, 0.15) is 31.7 Å². The molecule has 204 valence electrons. The smallest absolute Gasteiger partial charge is 0.250 e. The molecule has 0 radical (unpaired) electrons. The van der Waals surface area contributed by atoms with Gasteiger partial charge < -0.3 is 34.3 Å². The Bertz CT molecular complexity index is 1290. The van der Waals surface area contributed by atoms with E-state index in [-0.39, 0.29) is 40.9 Å². The Hall–Kier alpha value is -3.82. The third kappa shape index (κ3) is 7.36. The molecule has 4 rings (SSSR count). The zero-order valence-corrected chi connectivity index (χ0v) is 22.2. The summed E-state index contributed by atoms with van der Waals surface area (Å²) in [6.07, 6.45) is 4.36. The highest BCUT2D eigenvalue weighted by molar-refractivity contribution is 5.92. The molecule has 3 unspecified atom stereocenters. The lowest BCUT2D eigenvalue weighted by Crippen LogP contribution is -2.43. The van der Waals surface area contributed by atoms with Gasteiger partial charge in [-0.15, -0.1) is 0 Å². The number of hydrogen-bond acceptors (Lipinski definition) is 7. The minimum absolute atomic E-state index is 0.0358. The number of aryl methyl sites for hydroxylation is 1. The maximum absolute atomic E-state index is 12.2. The van der Waals surface area contributed by atoms with Gasteiger partial charge in [-0.05, 0) is 60.6 Å². The number of fused-ring (bicyclic) bond motifs is 1. The zero-order valence-electron chi connectivity index (χ0n) is 22.2. The molecule has 3 aromatic rings. The van der Waals surface area contributed by atoms with E-state index in [1.54, 1.807) is 35.9 Å². The predicted molar refractivity (Wildman–Crippen MR) is 147 cm³/mol. The van der Waals surface area contributed by atoms with Crippen molar-refractivity contribution in [1.29, 1.82) is 0 Å². The second-order valence-corrected chi connectivity index (χ2v) is 9.01. The standard InChI is InChI=1S/C19H27NO6.C10H9NO/c1-4-13(11-14(21)15-7-8-26-15)20-18(22)6-5-12-9-16(24-2)19(23)17(10-12)25-3;1-11-9-5-3-2-4-8(9)6-7-10(11)12/h5-6,9-10,13-15,21,23H,4,7-8,11H2,1-3H3,(H,20,22);2-7H,1H3. The number of nitrogens with one attached hydrogen (secondary N) is 1. The third-order valence-corrected chi connectivity index (χ3v) is 6.49. The fourth-order valence-corrected chi connectivity index (χ4v) is 4.09. The number of benzene rings is 2. The highest BCUT2D eigenvalue weighted by Crippen LogP contribution is 2.37. The van der Waals surface area contributed by atoms with Gasteiger partial charge in [0.2, 0.25) is 11.7 Å². The molecule has 2 heterocycles. The predicted octanol–water partition coefficient (Wildman–Crippen LogP) is 3.40. The molecule has 3 atom stereocenters. The van der Waals surface area contributed by atoms with E-state index in [0.29, 0.717) is 25.0 Å². The largest absolute Gasteiger partial charge is 0.502 e. The normalized spacial score (nSPS) is 16.2. The first-order valence-electron chi connectivity index (χ1n) is 12.5. The summed E-state index contributed by atoms with van der Waals surface area (Å²) in [7, 11) is 4.67. The molecule has 9 nitrogen and oxygen atoms in total. The van der Waals surface area contributed by atoms with E-state index in [1.165, 1.54) is 20.3 Å². The van der Waals surface area contributed by atoms with Crippen molar-refractivity contribution in [2.24, 2.45) is 7.05 Å². The summed E-state index contributed by atoms with van der Waals surface area (Å²) in [6, 6.07) is 14.4. The van der Waals surface area contributed by atoms with Crippen molar-refractivity contribution in [1.82, 2.24) is 9.88 Å². The number of aliphatic hydroxyl groups excluding tert-OH is 1. The van der Waals surface area contributed by atoms with E-state index < -0.39 is 6.10 Å². The second-order valence-electron chi connectivity index (χ2n) is 9.01. The molecule has 1 aromatic heterocycles. The molecule has 0 aliphatic carbocycles. The van der Waals surface area contributed by atoms with E-state index in [2.05, 4.69) is 5.32 Å². The van der Waals surface area contributed by atoms with Gasteiger partial charge in [0.1, 0.15) is 0 Å². The van der Waals surface area contributed by atoms with Crippen LogP contribution in [-0.4, -0.2) is 59.8 Å². The zero-order chi connectivity index (χ0) is 27.7. The fraction of sp³-hybridized carbons (Fsp3) is 0.379. The molecule has 0 spiro atoms. The van der Waals surface area contributed by atoms with Crippen molar-refractivity contribution in [3.8, 4) is 17.2 Å². The Balaban J connectivity index is 0.000000275. The summed E-state index contributed by atoms with van der Waals surface area (Å²) in [5, 5.41) is 24.0. The van der Waals surface area contributed by atoms with Crippen LogP contribution < -0.4 is 20.3 Å². The number of phenols is 1. The molecule has 1 fully saturated rings. The van der Waals surface area contributed by atoms with Gasteiger partial charge in [-0.3, -0.25) is 9.59 Å². The van der Waals surface area contributed by atoms with E-state index in [1.807, 2.05) is 37.3 Å². The fourth-order valence-electron chi connectivity index (χ4n) is 4.09. The number of amides is 1. The molecular weight excluding hydrogens is 488 g/mol. The average Bonchev–Trinajstić information content (AvgIpc) is 2.89. The highest BCUT2D eigenvalue weighted by atomic mass is 16.5. The quantitative estimate of drug-likeness (QED) is 0.367. The minimum atomic E-state index is -0.566. The number of aromatic nitrogens is 1. The van der Waals surface area contributed by atoms with Gasteiger partial charge >= 0.3 is 0 Å². The van der Waals surface area contributed by atoms with Crippen LogP contribution in [0, 0.1) is 0 Å². The molecule has 1 saturated heterocycles. The van der Waals surface area contributed by atoms with Gasteiger partial charge in [0.05, 0.1) is 31.9 Å². The maximum Gasteiger partial charge on any atom is 0.250 e. The molecule has 1 aliphatic rings. The van der Waals surface area contributed by atoms with Gasteiger partial charge in [0, 0.05) is 31.8 Å². The van der Waals surface area contributed by atoms with Crippen LogP contribution in [-0.2, 0) is 16.6 Å². The SMILES string of the molecule is CCC(CC(O)C1CCO1)NC(=O)C=Cc1cc(OC)c(O)c(OC)c1.Cn1c(=O)ccc2ccccc21. The molecular formula is C29H36N2O7. The molecule has 0 bridgehead atoms. The number of methoxy groups -OCH3 is 2. The number of pyridine rings is 1. The number of carbonyl (C=O) groups excluding carboxylic acids is 1. The highest BCUT2D eigenvalue weighted by Gasteiger charge is 2.28. The van der Waals surface area contributed by atoms with Gasteiger partial charge in [0.15, 0.2) is 11.5 Å². The van der Waals surface area contributed by atoms with Crippen LogP contribution in [0.25, 0.3) is 17.0 Å². The Morgan fingerprint density at radius 3 is 2.42 bits per heavy atom. The first kappa shape index (κ1) is 28.7. The maximum atomic E-state index is 12.2. The molecule has 38 heavy (non-hydrogen) atoms. The number of hydrogen-bond donors (Lipinski definition) is 3. The van der Waals surface area contributed by atoms with Crippen LogP contribution in [0.15, 0.2) is 59.4 Å². The molecule has 9 heteroatoms. The molecule has 1 amide bonds. The number of nitrogens with zero attached hydrogens (tertiary/aromatic N) is 1. The van der Waals surface area contributed by atoms with Crippen LogP contribution in [0.4, 0.5) is 0 Å². The lowest BCUT2D eigenvalue weighted by molar-refractivity contribution is -0.124. The van der Waals surface area contributed by atoms with Crippen molar-refractivity contribution >= 4 is 22.9 Å². The van der Waals surface area contributed by atoms with E-state index in [4.69, 9.17) is 14.2 Å². The molecule has 3 N–H and O–H groups in total. The first-order valence-corrected chi connectivity index (χ1v) is 12.5. The average molecular weight is 525 g/mol. The summed E-state index contributed by atoms with van der Waals surface area (Å²) < 4.78 is 17.1. The number of phenolic OH excluding ortho intramolecular Hbond substituents is 1. The molecule has 2 aromatic carbocycles. The number of aromatic hydroxyl groups is 1. The van der Waals surface area contributed by atoms with Crippen LogP contribution >= 0.6 is 0 Å². The number of para-hydroxylation sites is 1. The molecule has 0 saturated carbocycles. The lowest BCUT2D eigenvalue weighted by atomic mass is 9.98. The number of ether oxygens (including phenoxy) is 3. The number of carbonyl (C=O) groups is 1. The van der Waals surface area contributed by atoms with Crippen LogP contribution in [0.2, 0.25) is 0 Å². The van der Waals surface area contributed by atoms with Gasteiger partial charge in [-0.25, -0.2) is 0 Å². The first-order chi connectivity index (χ1) is 18.3. The van der Waals surface area contributed by atoms with Crippen LogP contribution in [0.3, 0.4) is 0 Å². The topological polar surface area (TPSA) is 119 Å². The number of aliphatic hydroxyl groups is 1. The third-order valence-electron chi connectivity index (χ3n) is 6.49. The Kier molecular flexibility index (Phi) is 10.3.